The van der Waals surface area contributed by atoms with E-state index in [2.05, 4.69) is 126 Å². The van der Waals surface area contributed by atoms with Crippen LogP contribution in [0.15, 0.2) is 97.2 Å². The van der Waals surface area contributed by atoms with Crippen LogP contribution >= 0.6 is 0 Å². The molecule has 4 nitrogen and oxygen atoms in total. The van der Waals surface area contributed by atoms with Gasteiger partial charge in [-0.1, -0.05) is 66.7 Å². The monoisotopic (exact) mass is 448 g/mol. The fourth-order valence-corrected chi connectivity index (χ4v) is 4.80. The lowest BCUT2D eigenvalue weighted by atomic mass is 9.96. The molecule has 2 heterocycles. The number of hydrogen-bond acceptors (Lipinski definition) is 3. The third-order valence-electron chi connectivity index (χ3n) is 6.51. The quantitative estimate of drug-likeness (QED) is 0.281. The lowest BCUT2D eigenvalue weighted by Crippen LogP contribution is -2.33. The van der Waals surface area contributed by atoms with Gasteiger partial charge in [-0.15, -0.1) is 0 Å². The molecular weight excluding hydrogens is 416 g/mol. The van der Waals surface area contributed by atoms with E-state index >= 15 is 0 Å². The van der Waals surface area contributed by atoms with Crippen molar-refractivity contribution in [3.8, 4) is 0 Å². The molecule has 5 rings (SSSR count). The van der Waals surface area contributed by atoms with Crippen molar-refractivity contribution in [2.75, 3.05) is 32.1 Å². The molecule has 1 unspecified atom stereocenters. The summed E-state index contributed by atoms with van der Waals surface area (Å²) in [5.41, 5.74) is 4.86. The normalized spacial score (nSPS) is 12.4. The molecule has 1 atom stereocenters. The van der Waals surface area contributed by atoms with E-state index in [9.17, 15) is 0 Å². The van der Waals surface area contributed by atoms with Crippen LogP contribution in [0, 0.1) is 0 Å². The van der Waals surface area contributed by atoms with Gasteiger partial charge in [-0.2, -0.15) is 0 Å². The molecule has 0 saturated heterocycles. The summed E-state index contributed by atoms with van der Waals surface area (Å²) in [5, 5.41) is 2.45. The van der Waals surface area contributed by atoms with Crippen LogP contribution in [-0.2, 0) is 6.42 Å². The van der Waals surface area contributed by atoms with Gasteiger partial charge in [-0.25, -0.2) is 4.98 Å². The maximum atomic E-state index is 5.13. The highest BCUT2D eigenvalue weighted by Gasteiger charge is 2.25. The standard InChI is InChI=1S/C30H32N4/c1-33(2)19-10-20-34(30-18-17-24-13-6-8-15-27(24)32-30)29(21-23-11-4-3-5-12-23)26-22-31-28-16-9-7-14-25(26)28/h3-9,11-18,22,29,31H,10,19-21H2,1-2H3. The van der Waals surface area contributed by atoms with E-state index in [1.165, 1.54) is 27.4 Å². The van der Waals surface area contributed by atoms with Crippen LogP contribution in [0.2, 0.25) is 0 Å². The first-order valence-corrected chi connectivity index (χ1v) is 12.1. The van der Waals surface area contributed by atoms with Gasteiger partial charge >= 0.3 is 0 Å². The zero-order chi connectivity index (χ0) is 23.3. The second-order valence-electron chi connectivity index (χ2n) is 9.21. The Bertz CT molecular complexity index is 1360. The number of fused-ring (bicyclic) bond motifs is 2. The molecule has 1 N–H and O–H groups in total. The molecule has 0 spiro atoms. The van der Waals surface area contributed by atoms with Crippen molar-refractivity contribution in [1.29, 1.82) is 0 Å². The second kappa shape index (κ2) is 10.1. The fraction of sp³-hybridized carbons (Fsp3) is 0.233. The highest BCUT2D eigenvalue weighted by Crippen LogP contribution is 2.34. The highest BCUT2D eigenvalue weighted by atomic mass is 15.2. The first-order valence-electron chi connectivity index (χ1n) is 12.1. The van der Waals surface area contributed by atoms with E-state index in [4.69, 9.17) is 4.98 Å². The summed E-state index contributed by atoms with van der Waals surface area (Å²) in [6.45, 7) is 1.97. The predicted octanol–water partition coefficient (Wildman–Crippen LogP) is 6.46. The maximum Gasteiger partial charge on any atom is 0.129 e. The summed E-state index contributed by atoms with van der Waals surface area (Å²) in [7, 11) is 4.28. The number of para-hydroxylation sites is 2. The fourth-order valence-electron chi connectivity index (χ4n) is 4.80. The Morgan fingerprint density at radius 3 is 2.41 bits per heavy atom. The molecule has 0 aliphatic carbocycles. The zero-order valence-corrected chi connectivity index (χ0v) is 20.0. The van der Waals surface area contributed by atoms with Crippen LogP contribution < -0.4 is 4.90 Å². The first kappa shape index (κ1) is 22.2. The topological polar surface area (TPSA) is 35.2 Å². The predicted molar refractivity (Wildman–Crippen MR) is 143 cm³/mol. The molecule has 34 heavy (non-hydrogen) atoms. The van der Waals surface area contributed by atoms with Crippen LogP contribution in [0.3, 0.4) is 0 Å². The van der Waals surface area contributed by atoms with Crippen molar-refractivity contribution in [1.82, 2.24) is 14.9 Å². The van der Waals surface area contributed by atoms with Gasteiger partial charge in [-0.05, 0) is 63.3 Å². The minimum Gasteiger partial charge on any atom is -0.361 e. The van der Waals surface area contributed by atoms with Crippen LogP contribution in [0.4, 0.5) is 5.82 Å². The summed E-state index contributed by atoms with van der Waals surface area (Å²) >= 11 is 0. The minimum absolute atomic E-state index is 0.161. The van der Waals surface area contributed by atoms with E-state index in [0.717, 1.165) is 37.3 Å². The molecule has 0 saturated carbocycles. The number of nitrogens with one attached hydrogen (secondary N) is 1. The largest absolute Gasteiger partial charge is 0.361 e. The number of anilines is 1. The molecule has 5 aromatic rings. The van der Waals surface area contributed by atoms with Crippen molar-refractivity contribution < 1.29 is 0 Å². The van der Waals surface area contributed by atoms with E-state index < -0.39 is 0 Å². The van der Waals surface area contributed by atoms with Gasteiger partial charge in [0.1, 0.15) is 5.82 Å². The van der Waals surface area contributed by atoms with Gasteiger partial charge in [0.05, 0.1) is 11.6 Å². The molecule has 0 bridgehead atoms. The maximum absolute atomic E-state index is 5.13. The second-order valence-corrected chi connectivity index (χ2v) is 9.21. The number of H-pyrrole nitrogens is 1. The minimum atomic E-state index is 0.161. The Labute approximate surface area is 201 Å². The summed E-state index contributed by atoms with van der Waals surface area (Å²) in [6.07, 6.45) is 4.17. The lowest BCUT2D eigenvalue weighted by molar-refractivity contribution is 0.396. The Morgan fingerprint density at radius 2 is 1.56 bits per heavy atom. The van der Waals surface area contributed by atoms with Crippen molar-refractivity contribution in [3.05, 3.63) is 108 Å². The molecule has 0 amide bonds. The SMILES string of the molecule is CN(C)CCCN(c1ccc2ccccc2n1)C(Cc1ccccc1)c1c[nH]c2ccccc12. The van der Waals surface area contributed by atoms with E-state index in [0.29, 0.717) is 0 Å². The van der Waals surface area contributed by atoms with Gasteiger partial charge in [0.15, 0.2) is 0 Å². The Balaban J connectivity index is 1.61. The molecule has 3 aromatic carbocycles. The number of aromatic nitrogens is 2. The summed E-state index contributed by atoms with van der Waals surface area (Å²) in [4.78, 5) is 13.4. The summed E-state index contributed by atoms with van der Waals surface area (Å²) in [5.74, 6) is 1.03. The number of pyridine rings is 1. The number of hydrogen-bond donors (Lipinski definition) is 1. The van der Waals surface area contributed by atoms with Gasteiger partial charge in [0.25, 0.3) is 0 Å². The van der Waals surface area contributed by atoms with Crippen LogP contribution in [0.5, 0.6) is 0 Å². The Hall–Kier alpha value is -3.63. The first-order chi connectivity index (χ1) is 16.7. The molecule has 0 aliphatic rings. The number of rotatable bonds is 9. The Morgan fingerprint density at radius 1 is 0.794 bits per heavy atom. The third-order valence-corrected chi connectivity index (χ3v) is 6.51. The van der Waals surface area contributed by atoms with Crippen molar-refractivity contribution >= 4 is 27.6 Å². The van der Waals surface area contributed by atoms with Crippen molar-refractivity contribution in [2.24, 2.45) is 0 Å². The lowest BCUT2D eigenvalue weighted by Gasteiger charge is -2.34. The molecule has 172 valence electrons. The summed E-state index contributed by atoms with van der Waals surface area (Å²) < 4.78 is 0. The molecule has 0 aliphatic heterocycles. The smallest absolute Gasteiger partial charge is 0.129 e. The molecule has 4 heteroatoms. The van der Waals surface area contributed by atoms with Crippen molar-refractivity contribution in [2.45, 2.75) is 18.9 Å². The zero-order valence-electron chi connectivity index (χ0n) is 20.0. The molecule has 2 aromatic heterocycles. The average Bonchev–Trinajstić information content (AvgIpc) is 3.30. The molecule has 0 radical (unpaired) electrons. The third kappa shape index (κ3) is 4.82. The van der Waals surface area contributed by atoms with Gasteiger partial charge in [0, 0.05) is 34.6 Å². The van der Waals surface area contributed by atoms with E-state index in [-0.39, 0.29) is 6.04 Å². The highest BCUT2D eigenvalue weighted by molar-refractivity contribution is 5.84. The number of benzene rings is 3. The van der Waals surface area contributed by atoms with E-state index in [1.54, 1.807) is 0 Å². The Kier molecular flexibility index (Phi) is 6.59. The molecular formula is C30H32N4. The van der Waals surface area contributed by atoms with Crippen molar-refractivity contribution in [3.63, 3.8) is 0 Å². The van der Waals surface area contributed by atoms with Gasteiger partial charge < -0.3 is 14.8 Å². The van der Waals surface area contributed by atoms with Crippen LogP contribution in [-0.4, -0.2) is 42.1 Å². The number of aromatic amines is 1. The van der Waals surface area contributed by atoms with Gasteiger partial charge in [0.2, 0.25) is 0 Å². The molecule has 0 fully saturated rings. The van der Waals surface area contributed by atoms with E-state index in [1.807, 2.05) is 0 Å². The number of nitrogens with zero attached hydrogens (tertiary/aromatic N) is 3. The van der Waals surface area contributed by atoms with Crippen LogP contribution in [0.25, 0.3) is 21.8 Å². The van der Waals surface area contributed by atoms with Crippen LogP contribution in [0.1, 0.15) is 23.6 Å². The summed E-state index contributed by atoms with van der Waals surface area (Å²) in [6, 6.07) is 32.3. The van der Waals surface area contributed by atoms with Gasteiger partial charge in [-0.3, -0.25) is 0 Å². The average molecular weight is 449 g/mol.